The number of carbonyl (C=O) groups excluding carboxylic acids is 1. The average molecular weight is 390 g/mol. The molecule has 0 atom stereocenters. The summed E-state index contributed by atoms with van der Waals surface area (Å²) >= 11 is 0. The Labute approximate surface area is 171 Å². The monoisotopic (exact) mass is 389 g/mol. The largest absolute Gasteiger partial charge is 0.330 e. The van der Waals surface area contributed by atoms with Crippen LogP contribution in [0.15, 0.2) is 73.1 Å². The van der Waals surface area contributed by atoms with Crippen LogP contribution in [0.25, 0.3) is 11.4 Å². The number of nitrogens with zero attached hydrogens (tertiary/aromatic N) is 4. The lowest BCUT2D eigenvalue weighted by atomic mass is 10.2. The molecule has 1 amide bonds. The molecule has 1 aromatic heterocycles. The van der Waals surface area contributed by atoms with E-state index in [1.54, 1.807) is 0 Å². The summed E-state index contributed by atoms with van der Waals surface area (Å²) in [6.45, 7) is 6.14. The van der Waals surface area contributed by atoms with Gasteiger partial charge in [-0.25, -0.2) is 4.98 Å². The van der Waals surface area contributed by atoms with Crippen LogP contribution in [-0.4, -0.2) is 64.5 Å². The highest BCUT2D eigenvalue weighted by Crippen LogP contribution is 2.16. The molecule has 3 aromatic rings. The molecule has 0 radical (unpaired) electrons. The second kappa shape index (κ2) is 9.49. The third-order valence-corrected chi connectivity index (χ3v) is 5.29. The summed E-state index contributed by atoms with van der Waals surface area (Å²) in [5.41, 5.74) is 2.00. The van der Waals surface area contributed by atoms with E-state index in [4.69, 9.17) is 0 Å². The van der Waals surface area contributed by atoms with Gasteiger partial charge in [0.15, 0.2) is 0 Å². The second-order valence-electron chi connectivity index (χ2n) is 7.34. The highest BCUT2D eigenvalue weighted by atomic mass is 16.2. The van der Waals surface area contributed by atoms with Crippen LogP contribution in [0.1, 0.15) is 0 Å². The molecule has 6 heteroatoms. The Morgan fingerprint density at radius 3 is 2.24 bits per heavy atom. The number of rotatable bonds is 7. The Morgan fingerprint density at radius 2 is 1.52 bits per heavy atom. The van der Waals surface area contributed by atoms with Crippen molar-refractivity contribution in [2.75, 3.05) is 44.6 Å². The fourth-order valence-electron chi connectivity index (χ4n) is 3.68. The fraction of sp³-hybridized carbons (Fsp3) is 0.304. The van der Waals surface area contributed by atoms with Gasteiger partial charge in [-0.1, -0.05) is 48.5 Å². The van der Waals surface area contributed by atoms with E-state index in [1.807, 2.05) is 60.9 Å². The molecule has 1 fully saturated rings. The predicted molar refractivity (Wildman–Crippen MR) is 116 cm³/mol. The van der Waals surface area contributed by atoms with Crippen molar-refractivity contribution in [1.82, 2.24) is 19.4 Å². The molecule has 150 valence electrons. The standard InChI is InChI=1S/C23H27N5O/c29-22(25-21-9-5-2-6-10-21)19-27-15-13-26(14-16-27)17-18-28-12-11-24-23(28)20-7-3-1-4-8-20/h1-12H,13-19H2,(H,25,29). The maximum Gasteiger partial charge on any atom is 0.238 e. The van der Waals surface area contributed by atoms with Crippen molar-refractivity contribution in [3.63, 3.8) is 0 Å². The van der Waals surface area contributed by atoms with E-state index >= 15 is 0 Å². The summed E-state index contributed by atoms with van der Waals surface area (Å²) in [4.78, 5) is 21.4. The van der Waals surface area contributed by atoms with E-state index in [-0.39, 0.29) is 5.91 Å². The highest BCUT2D eigenvalue weighted by Gasteiger charge is 2.19. The summed E-state index contributed by atoms with van der Waals surface area (Å²) in [5.74, 6) is 1.07. The van der Waals surface area contributed by atoms with Gasteiger partial charge in [-0.15, -0.1) is 0 Å². The van der Waals surface area contributed by atoms with E-state index in [1.165, 1.54) is 0 Å². The number of benzene rings is 2. The smallest absolute Gasteiger partial charge is 0.238 e. The normalized spacial score (nSPS) is 15.3. The molecular formula is C23H27N5O. The number of imidazole rings is 1. The summed E-state index contributed by atoms with van der Waals surface area (Å²) < 4.78 is 2.22. The van der Waals surface area contributed by atoms with Gasteiger partial charge in [0.25, 0.3) is 0 Å². The fourth-order valence-corrected chi connectivity index (χ4v) is 3.68. The molecule has 0 unspecified atom stereocenters. The van der Waals surface area contributed by atoms with Crippen molar-refractivity contribution >= 4 is 11.6 Å². The number of piperazine rings is 1. The first-order chi connectivity index (χ1) is 14.3. The summed E-state index contributed by atoms with van der Waals surface area (Å²) in [5, 5.41) is 2.96. The predicted octanol–water partition coefficient (Wildman–Crippen LogP) is 2.81. The molecule has 1 saturated heterocycles. The first-order valence-electron chi connectivity index (χ1n) is 10.1. The lowest BCUT2D eigenvalue weighted by molar-refractivity contribution is -0.117. The van der Waals surface area contributed by atoms with Gasteiger partial charge in [0.05, 0.1) is 6.54 Å². The maximum atomic E-state index is 12.2. The topological polar surface area (TPSA) is 53.4 Å². The molecule has 29 heavy (non-hydrogen) atoms. The van der Waals surface area contributed by atoms with Crippen LogP contribution in [0.4, 0.5) is 5.69 Å². The zero-order valence-electron chi connectivity index (χ0n) is 16.6. The van der Waals surface area contributed by atoms with Crippen molar-refractivity contribution in [2.45, 2.75) is 6.54 Å². The molecule has 0 bridgehead atoms. The van der Waals surface area contributed by atoms with Gasteiger partial charge in [0.2, 0.25) is 5.91 Å². The molecule has 1 aliphatic heterocycles. The SMILES string of the molecule is O=C(CN1CCN(CCn2ccnc2-c2ccccc2)CC1)Nc1ccccc1. The van der Waals surface area contributed by atoms with Crippen LogP contribution >= 0.6 is 0 Å². The molecule has 0 aliphatic carbocycles. The Balaban J connectivity index is 1.22. The third kappa shape index (κ3) is 5.31. The summed E-state index contributed by atoms with van der Waals surface area (Å²) in [6.07, 6.45) is 3.91. The molecule has 4 rings (SSSR count). The highest BCUT2D eigenvalue weighted by molar-refractivity contribution is 5.92. The minimum atomic E-state index is 0.0515. The van der Waals surface area contributed by atoms with E-state index in [0.717, 1.165) is 56.3 Å². The first kappa shape index (κ1) is 19.4. The van der Waals surface area contributed by atoms with Gasteiger partial charge in [-0.05, 0) is 12.1 Å². The number of nitrogens with one attached hydrogen (secondary N) is 1. The number of hydrogen-bond acceptors (Lipinski definition) is 4. The Hall–Kier alpha value is -2.96. The molecule has 0 saturated carbocycles. The Morgan fingerprint density at radius 1 is 0.862 bits per heavy atom. The number of hydrogen-bond donors (Lipinski definition) is 1. The zero-order chi connectivity index (χ0) is 19.9. The van der Waals surface area contributed by atoms with Crippen molar-refractivity contribution < 1.29 is 4.79 Å². The number of anilines is 1. The number of para-hydroxylation sites is 1. The second-order valence-corrected chi connectivity index (χ2v) is 7.34. The summed E-state index contributed by atoms with van der Waals surface area (Å²) in [6, 6.07) is 19.9. The van der Waals surface area contributed by atoms with Crippen LogP contribution in [0.3, 0.4) is 0 Å². The Bertz CT molecular complexity index is 901. The van der Waals surface area contributed by atoms with Gasteiger partial charge < -0.3 is 9.88 Å². The van der Waals surface area contributed by atoms with Crippen molar-refractivity contribution in [1.29, 1.82) is 0 Å². The van der Waals surface area contributed by atoms with Crippen molar-refractivity contribution in [3.8, 4) is 11.4 Å². The maximum absolute atomic E-state index is 12.2. The Kier molecular flexibility index (Phi) is 6.34. The molecule has 1 N–H and O–H groups in total. The lowest BCUT2D eigenvalue weighted by Gasteiger charge is -2.34. The van der Waals surface area contributed by atoms with E-state index in [9.17, 15) is 4.79 Å². The first-order valence-corrected chi connectivity index (χ1v) is 10.1. The van der Waals surface area contributed by atoms with Gasteiger partial charge in [-0.3, -0.25) is 14.6 Å². The van der Waals surface area contributed by atoms with E-state index in [0.29, 0.717) is 6.54 Å². The van der Waals surface area contributed by atoms with Crippen LogP contribution in [0.5, 0.6) is 0 Å². The average Bonchev–Trinajstić information content (AvgIpc) is 3.23. The van der Waals surface area contributed by atoms with Crippen LogP contribution in [0.2, 0.25) is 0 Å². The minimum absolute atomic E-state index is 0.0515. The quantitative estimate of drug-likeness (QED) is 0.675. The molecule has 6 nitrogen and oxygen atoms in total. The van der Waals surface area contributed by atoms with Gasteiger partial charge >= 0.3 is 0 Å². The molecular weight excluding hydrogens is 362 g/mol. The summed E-state index contributed by atoms with van der Waals surface area (Å²) in [7, 11) is 0. The molecule has 0 spiro atoms. The van der Waals surface area contributed by atoms with Crippen LogP contribution in [-0.2, 0) is 11.3 Å². The van der Waals surface area contributed by atoms with Crippen LogP contribution < -0.4 is 5.32 Å². The molecule has 1 aliphatic rings. The third-order valence-electron chi connectivity index (χ3n) is 5.29. The van der Waals surface area contributed by atoms with Gasteiger partial charge in [0, 0.05) is 62.9 Å². The van der Waals surface area contributed by atoms with Crippen molar-refractivity contribution in [3.05, 3.63) is 73.1 Å². The molecule has 2 aromatic carbocycles. The van der Waals surface area contributed by atoms with Crippen LogP contribution in [0, 0.1) is 0 Å². The number of aromatic nitrogens is 2. The number of amides is 1. The lowest BCUT2D eigenvalue weighted by Crippen LogP contribution is -2.49. The zero-order valence-corrected chi connectivity index (χ0v) is 16.6. The van der Waals surface area contributed by atoms with Gasteiger partial charge in [-0.2, -0.15) is 0 Å². The van der Waals surface area contributed by atoms with Gasteiger partial charge in [0.1, 0.15) is 5.82 Å². The van der Waals surface area contributed by atoms with E-state index in [2.05, 4.69) is 36.8 Å². The number of carbonyl (C=O) groups is 1. The van der Waals surface area contributed by atoms with Crippen molar-refractivity contribution in [2.24, 2.45) is 0 Å². The van der Waals surface area contributed by atoms with E-state index < -0.39 is 0 Å². The minimum Gasteiger partial charge on any atom is -0.330 e. The molecule has 2 heterocycles.